The van der Waals surface area contributed by atoms with Crippen molar-refractivity contribution in [3.05, 3.63) is 0 Å². The van der Waals surface area contributed by atoms with Crippen molar-refractivity contribution >= 4 is 11.7 Å². The quantitative estimate of drug-likeness (QED) is 0.338. The fourth-order valence-electron chi connectivity index (χ4n) is 2.64. The molecule has 0 aromatic heterocycles. The average Bonchev–Trinajstić information content (AvgIpc) is 2.28. The van der Waals surface area contributed by atoms with Crippen LogP contribution in [0, 0.1) is 17.8 Å². The van der Waals surface area contributed by atoms with Crippen molar-refractivity contribution in [3.8, 4) is 0 Å². The number of piperidine rings is 1. The molecule has 1 rings (SSSR count). The monoisotopic (exact) mass is 241 g/mol. The van der Waals surface area contributed by atoms with Gasteiger partial charge in [0.25, 0.3) is 0 Å². The van der Waals surface area contributed by atoms with Crippen molar-refractivity contribution in [1.82, 2.24) is 4.90 Å². The molecule has 3 N–H and O–H groups in total. The van der Waals surface area contributed by atoms with E-state index in [-0.39, 0.29) is 11.7 Å². The second kappa shape index (κ2) is 5.89. The summed E-state index contributed by atoms with van der Waals surface area (Å²) in [4.78, 5) is 14.1. The first kappa shape index (κ1) is 13.8. The molecule has 0 spiro atoms. The lowest BCUT2D eigenvalue weighted by atomic mass is 9.90. The van der Waals surface area contributed by atoms with Crippen LogP contribution in [0.4, 0.5) is 0 Å². The maximum absolute atomic E-state index is 12.3. The van der Waals surface area contributed by atoms with Gasteiger partial charge in [0.1, 0.15) is 0 Å². The van der Waals surface area contributed by atoms with Gasteiger partial charge in [-0.2, -0.15) is 0 Å². The number of nitrogens with two attached hydrogens (primary N) is 1. The number of rotatable bonds is 3. The van der Waals surface area contributed by atoms with E-state index in [2.05, 4.69) is 19.0 Å². The lowest BCUT2D eigenvalue weighted by Crippen LogP contribution is -2.48. The molecule has 0 saturated carbocycles. The number of carbonyl (C=O) groups is 1. The molecule has 5 nitrogen and oxygen atoms in total. The largest absolute Gasteiger partial charge is 0.409 e. The summed E-state index contributed by atoms with van der Waals surface area (Å²) in [6.07, 6.45) is 1.72. The molecule has 1 aliphatic rings. The molecule has 1 amide bonds. The number of amidine groups is 1. The summed E-state index contributed by atoms with van der Waals surface area (Å²) in [5.74, 6) is 0.557. The fraction of sp³-hybridized carbons (Fsp3) is 0.833. The summed E-state index contributed by atoms with van der Waals surface area (Å²) >= 11 is 0. The zero-order chi connectivity index (χ0) is 13.0. The number of likely N-dealkylation sites (tertiary alicyclic amines) is 1. The molecule has 98 valence electrons. The minimum Gasteiger partial charge on any atom is -0.409 e. The molecule has 1 heterocycles. The normalized spacial score (nSPS) is 27.9. The van der Waals surface area contributed by atoms with Gasteiger partial charge in [-0.1, -0.05) is 25.9 Å². The number of hydrogen-bond acceptors (Lipinski definition) is 3. The Balaban J connectivity index is 2.73. The number of carbonyl (C=O) groups excluding carboxylic acids is 1. The summed E-state index contributed by atoms with van der Waals surface area (Å²) in [6.45, 7) is 7.73. The average molecular weight is 241 g/mol. The Kier molecular flexibility index (Phi) is 4.78. The lowest BCUT2D eigenvalue weighted by molar-refractivity contribution is -0.136. The Hall–Kier alpha value is -1.26. The van der Waals surface area contributed by atoms with Crippen LogP contribution in [0.3, 0.4) is 0 Å². The molecule has 0 aromatic rings. The minimum atomic E-state index is -0.488. The summed E-state index contributed by atoms with van der Waals surface area (Å²) in [5.41, 5.74) is 5.56. The van der Waals surface area contributed by atoms with E-state index < -0.39 is 5.92 Å². The standard InChI is InChI=1S/C12H23N3O2/c1-4-10(11(13)14-17)12(16)15-6-8(2)5-9(3)7-15/h8-10,17H,4-7H2,1-3H3,(H2,13,14). The number of amides is 1. The van der Waals surface area contributed by atoms with E-state index in [1.54, 1.807) is 0 Å². The molecule has 1 fully saturated rings. The summed E-state index contributed by atoms with van der Waals surface area (Å²) < 4.78 is 0. The van der Waals surface area contributed by atoms with Crippen LogP contribution in [0.25, 0.3) is 0 Å². The van der Waals surface area contributed by atoms with Crippen LogP contribution in [0.1, 0.15) is 33.6 Å². The first-order chi connectivity index (χ1) is 7.99. The molecular formula is C12H23N3O2. The van der Waals surface area contributed by atoms with Crippen LogP contribution in [0.15, 0.2) is 5.16 Å². The van der Waals surface area contributed by atoms with Gasteiger partial charge in [0.15, 0.2) is 5.84 Å². The second-order valence-electron chi connectivity index (χ2n) is 5.17. The van der Waals surface area contributed by atoms with Crippen molar-refractivity contribution in [2.24, 2.45) is 28.6 Å². The van der Waals surface area contributed by atoms with Gasteiger partial charge in [-0.3, -0.25) is 4.79 Å². The van der Waals surface area contributed by atoms with Crippen molar-refractivity contribution in [3.63, 3.8) is 0 Å². The van der Waals surface area contributed by atoms with E-state index in [9.17, 15) is 4.79 Å². The van der Waals surface area contributed by atoms with Gasteiger partial charge in [-0.15, -0.1) is 0 Å². The Bertz CT molecular complexity index is 294. The van der Waals surface area contributed by atoms with Gasteiger partial charge in [0, 0.05) is 13.1 Å². The minimum absolute atomic E-state index is 0.0128. The van der Waals surface area contributed by atoms with E-state index in [1.807, 2.05) is 11.8 Å². The number of oxime groups is 1. The first-order valence-corrected chi connectivity index (χ1v) is 6.25. The highest BCUT2D eigenvalue weighted by molar-refractivity contribution is 6.02. The third-order valence-electron chi connectivity index (χ3n) is 3.36. The van der Waals surface area contributed by atoms with Gasteiger partial charge < -0.3 is 15.8 Å². The van der Waals surface area contributed by atoms with Gasteiger partial charge >= 0.3 is 0 Å². The van der Waals surface area contributed by atoms with E-state index in [1.165, 1.54) is 0 Å². The van der Waals surface area contributed by atoms with E-state index in [0.29, 0.717) is 18.3 Å². The maximum Gasteiger partial charge on any atom is 0.233 e. The lowest BCUT2D eigenvalue weighted by Gasteiger charge is -2.36. The molecule has 17 heavy (non-hydrogen) atoms. The third-order valence-corrected chi connectivity index (χ3v) is 3.36. The zero-order valence-corrected chi connectivity index (χ0v) is 10.9. The second-order valence-corrected chi connectivity index (χ2v) is 5.17. The molecule has 0 radical (unpaired) electrons. The van der Waals surface area contributed by atoms with Crippen molar-refractivity contribution < 1.29 is 10.0 Å². The number of hydrogen-bond donors (Lipinski definition) is 2. The first-order valence-electron chi connectivity index (χ1n) is 6.25. The van der Waals surface area contributed by atoms with Crippen LogP contribution in [-0.2, 0) is 4.79 Å². The number of nitrogens with zero attached hydrogens (tertiary/aromatic N) is 2. The molecule has 0 aromatic carbocycles. The molecule has 5 heteroatoms. The molecule has 0 aliphatic carbocycles. The van der Waals surface area contributed by atoms with E-state index in [4.69, 9.17) is 10.9 Å². The van der Waals surface area contributed by atoms with Crippen molar-refractivity contribution in [2.45, 2.75) is 33.6 Å². The third kappa shape index (κ3) is 3.35. The van der Waals surface area contributed by atoms with E-state index >= 15 is 0 Å². The van der Waals surface area contributed by atoms with Crippen LogP contribution in [0.2, 0.25) is 0 Å². The van der Waals surface area contributed by atoms with Crippen LogP contribution >= 0.6 is 0 Å². The Morgan fingerprint density at radius 3 is 2.41 bits per heavy atom. The van der Waals surface area contributed by atoms with Crippen LogP contribution in [0.5, 0.6) is 0 Å². The Morgan fingerprint density at radius 2 is 2.00 bits per heavy atom. The molecule has 0 bridgehead atoms. The topological polar surface area (TPSA) is 78.9 Å². The van der Waals surface area contributed by atoms with Gasteiger partial charge in [-0.25, -0.2) is 0 Å². The van der Waals surface area contributed by atoms with Crippen molar-refractivity contribution in [1.29, 1.82) is 0 Å². The smallest absolute Gasteiger partial charge is 0.233 e. The summed E-state index contributed by atoms with van der Waals surface area (Å²) in [7, 11) is 0. The SMILES string of the molecule is CCC(C(=O)N1CC(C)CC(C)C1)C(N)=NO. The highest BCUT2D eigenvalue weighted by Crippen LogP contribution is 2.23. The Labute approximate surface area is 103 Å². The molecular weight excluding hydrogens is 218 g/mol. The van der Waals surface area contributed by atoms with Crippen LogP contribution < -0.4 is 5.73 Å². The summed E-state index contributed by atoms with van der Waals surface area (Å²) in [6, 6.07) is 0. The molecule has 3 unspecified atom stereocenters. The molecule has 3 atom stereocenters. The fourth-order valence-corrected chi connectivity index (χ4v) is 2.64. The van der Waals surface area contributed by atoms with E-state index in [0.717, 1.165) is 19.5 Å². The molecule has 1 saturated heterocycles. The van der Waals surface area contributed by atoms with Crippen LogP contribution in [-0.4, -0.2) is 34.9 Å². The maximum atomic E-state index is 12.3. The highest BCUT2D eigenvalue weighted by atomic mass is 16.4. The van der Waals surface area contributed by atoms with Crippen molar-refractivity contribution in [2.75, 3.05) is 13.1 Å². The van der Waals surface area contributed by atoms with Gasteiger partial charge in [0.05, 0.1) is 5.92 Å². The summed E-state index contributed by atoms with van der Waals surface area (Å²) in [5, 5.41) is 11.6. The molecule has 1 aliphatic heterocycles. The van der Waals surface area contributed by atoms with Gasteiger partial charge in [-0.05, 0) is 24.7 Å². The highest BCUT2D eigenvalue weighted by Gasteiger charge is 2.31. The zero-order valence-electron chi connectivity index (χ0n) is 10.9. The predicted octanol–water partition coefficient (Wildman–Crippen LogP) is 1.26. The van der Waals surface area contributed by atoms with Gasteiger partial charge in [0.2, 0.25) is 5.91 Å². The predicted molar refractivity (Wildman–Crippen MR) is 66.7 cm³/mol. The Morgan fingerprint density at radius 1 is 1.47 bits per heavy atom.